The monoisotopic (exact) mass is 272 g/mol. The van der Waals surface area contributed by atoms with Crippen LogP contribution in [0.25, 0.3) is 0 Å². The van der Waals surface area contributed by atoms with Crippen LogP contribution in [0.3, 0.4) is 0 Å². The molecule has 0 saturated heterocycles. The average Bonchev–Trinajstić information content (AvgIpc) is 2.38. The van der Waals surface area contributed by atoms with Gasteiger partial charge < -0.3 is 15.3 Å². The van der Waals surface area contributed by atoms with Gasteiger partial charge in [-0.1, -0.05) is 20.3 Å². The minimum atomic E-state index is -0.766. The van der Waals surface area contributed by atoms with Crippen LogP contribution in [0.15, 0.2) is 0 Å². The predicted molar refractivity (Wildman–Crippen MR) is 80.6 cm³/mol. The van der Waals surface area contributed by atoms with Crippen molar-refractivity contribution >= 4 is 5.97 Å². The Morgan fingerprint density at radius 2 is 1.79 bits per heavy atom. The van der Waals surface area contributed by atoms with Crippen LogP contribution in [0.5, 0.6) is 0 Å². The summed E-state index contributed by atoms with van der Waals surface area (Å²) in [7, 11) is 2.14. The van der Waals surface area contributed by atoms with Crippen molar-refractivity contribution in [2.75, 3.05) is 26.7 Å². The molecule has 0 spiro atoms. The molecule has 0 rings (SSSR count). The SMILES string of the molecule is CCCCN(C)CCCCC(C)(NCCC)C(=O)O. The number of unbranched alkanes of at least 4 members (excludes halogenated alkanes) is 2. The van der Waals surface area contributed by atoms with Gasteiger partial charge in [-0.05, 0) is 65.7 Å². The summed E-state index contributed by atoms with van der Waals surface area (Å²) in [5.41, 5.74) is -0.766. The first-order valence-corrected chi connectivity index (χ1v) is 7.63. The molecular weight excluding hydrogens is 240 g/mol. The number of carboxylic acids is 1. The molecule has 0 amide bonds. The van der Waals surface area contributed by atoms with E-state index in [-0.39, 0.29) is 0 Å². The summed E-state index contributed by atoms with van der Waals surface area (Å²) in [5.74, 6) is -0.736. The first-order chi connectivity index (χ1) is 8.96. The van der Waals surface area contributed by atoms with Crippen LogP contribution < -0.4 is 5.32 Å². The highest BCUT2D eigenvalue weighted by Crippen LogP contribution is 2.14. The van der Waals surface area contributed by atoms with Crippen molar-refractivity contribution in [2.45, 2.75) is 64.8 Å². The van der Waals surface area contributed by atoms with E-state index < -0.39 is 11.5 Å². The van der Waals surface area contributed by atoms with Crippen LogP contribution >= 0.6 is 0 Å². The molecule has 0 aliphatic rings. The Bertz CT molecular complexity index is 246. The highest BCUT2D eigenvalue weighted by molar-refractivity contribution is 5.78. The fourth-order valence-electron chi connectivity index (χ4n) is 2.07. The minimum absolute atomic E-state index is 0.698. The Morgan fingerprint density at radius 1 is 1.16 bits per heavy atom. The van der Waals surface area contributed by atoms with Gasteiger partial charge >= 0.3 is 5.97 Å². The number of aliphatic carboxylic acids is 1. The van der Waals surface area contributed by atoms with Gasteiger partial charge in [0.25, 0.3) is 0 Å². The van der Waals surface area contributed by atoms with Crippen molar-refractivity contribution in [3.05, 3.63) is 0 Å². The Labute approximate surface area is 118 Å². The summed E-state index contributed by atoms with van der Waals surface area (Å²) in [4.78, 5) is 13.7. The Kier molecular flexibility index (Phi) is 9.88. The summed E-state index contributed by atoms with van der Waals surface area (Å²) < 4.78 is 0. The van der Waals surface area contributed by atoms with Gasteiger partial charge in [-0.25, -0.2) is 0 Å². The van der Waals surface area contributed by atoms with E-state index in [1.54, 1.807) is 6.92 Å². The van der Waals surface area contributed by atoms with Gasteiger partial charge in [0.15, 0.2) is 0 Å². The maximum Gasteiger partial charge on any atom is 0.323 e. The molecule has 2 N–H and O–H groups in total. The molecule has 1 atom stereocenters. The molecule has 114 valence electrons. The zero-order valence-corrected chi connectivity index (χ0v) is 13.2. The second-order valence-corrected chi connectivity index (χ2v) is 5.68. The van der Waals surface area contributed by atoms with Gasteiger partial charge in [-0.15, -0.1) is 0 Å². The quantitative estimate of drug-likeness (QED) is 0.536. The van der Waals surface area contributed by atoms with Crippen molar-refractivity contribution in [2.24, 2.45) is 0 Å². The van der Waals surface area contributed by atoms with E-state index in [0.717, 1.165) is 38.9 Å². The van der Waals surface area contributed by atoms with Crippen LogP contribution in [-0.2, 0) is 4.79 Å². The van der Waals surface area contributed by atoms with E-state index in [0.29, 0.717) is 6.42 Å². The van der Waals surface area contributed by atoms with Crippen molar-refractivity contribution in [3.8, 4) is 0 Å². The van der Waals surface area contributed by atoms with E-state index in [2.05, 4.69) is 31.1 Å². The maximum absolute atomic E-state index is 11.3. The largest absolute Gasteiger partial charge is 0.480 e. The van der Waals surface area contributed by atoms with Crippen LogP contribution in [-0.4, -0.2) is 48.2 Å². The topological polar surface area (TPSA) is 52.6 Å². The van der Waals surface area contributed by atoms with E-state index >= 15 is 0 Å². The van der Waals surface area contributed by atoms with Gasteiger partial charge in [0.05, 0.1) is 0 Å². The minimum Gasteiger partial charge on any atom is -0.480 e. The second kappa shape index (κ2) is 10.2. The van der Waals surface area contributed by atoms with E-state index in [1.807, 2.05) is 0 Å². The number of hydrogen-bond donors (Lipinski definition) is 2. The fourth-order valence-corrected chi connectivity index (χ4v) is 2.07. The number of carbonyl (C=O) groups is 1. The number of carboxylic acid groups (broad SMARTS) is 1. The molecule has 0 fully saturated rings. The molecule has 0 bridgehead atoms. The summed E-state index contributed by atoms with van der Waals surface area (Å²) in [6, 6.07) is 0. The number of nitrogens with zero attached hydrogens (tertiary/aromatic N) is 1. The van der Waals surface area contributed by atoms with Gasteiger partial charge in [0.1, 0.15) is 5.54 Å². The molecule has 1 unspecified atom stereocenters. The Balaban J connectivity index is 3.90. The predicted octanol–water partition coefficient (Wildman–Crippen LogP) is 2.73. The molecule has 4 nitrogen and oxygen atoms in total. The second-order valence-electron chi connectivity index (χ2n) is 5.68. The molecular formula is C15H32N2O2. The van der Waals surface area contributed by atoms with Crippen LogP contribution in [0.1, 0.15) is 59.3 Å². The molecule has 0 aliphatic carbocycles. The lowest BCUT2D eigenvalue weighted by Gasteiger charge is -2.26. The van der Waals surface area contributed by atoms with Crippen LogP contribution in [0.4, 0.5) is 0 Å². The fraction of sp³-hybridized carbons (Fsp3) is 0.933. The molecule has 0 aromatic heterocycles. The number of rotatable bonds is 12. The third kappa shape index (κ3) is 8.22. The molecule has 19 heavy (non-hydrogen) atoms. The highest BCUT2D eigenvalue weighted by atomic mass is 16.4. The number of hydrogen-bond acceptors (Lipinski definition) is 3. The standard InChI is InChI=1S/C15H32N2O2/c1-5-7-12-17(4)13-9-8-10-15(3,14(18)19)16-11-6-2/h16H,5-13H2,1-4H3,(H,18,19). The van der Waals surface area contributed by atoms with Crippen LogP contribution in [0, 0.1) is 0 Å². The van der Waals surface area contributed by atoms with Gasteiger partial charge in [0, 0.05) is 0 Å². The highest BCUT2D eigenvalue weighted by Gasteiger charge is 2.31. The molecule has 4 heteroatoms. The number of nitrogens with one attached hydrogen (secondary N) is 1. The zero-order valence-electron chi connectivity index (χ0n) is 13.2. The molecule has 0 aliphatic heterocycles. The molecule has 0 heterocycles. The summed E-state index contributed by atoms with van der Waals surface area (Å²) in [6.07, 6.45) is 6.14. The van der Waals surface area contributed by atoms with Gasteiger partial charge in [-0.2, -0.15) is 0 Å². The maximum atomic E-state index is 11.3. The van der Waals surface area contributed by atoms with E-state index in [9.17, 15) is 9.90 Å². The van der Waals surface area contributed by atoms with Crippen molar-refractivity contribution in [1.29, 1.82) is 0 Å². The molecule has 0 aromatic carbocycles. The third-order valence-electron chi connectivity index (χ3n) is 3.60. The van der Waals surface area contributed by atoms with Crippen LogP contribution in [0.2, 0.25) is 0 Å². The lowest BCUT2D eigenvalue weighted by atomic mass is 9.94. The molecule has 0 aromatic rings. The molecule has 0 radical (unpaired) electrons. The Hall–Kier alpha value is -0.610. The average molecular weight is 272 g/mol. The Morgan fingerprint density at radius 3 is 2.32 bits per heavy atom. The van der Waals surface area contributed by atoms with E-state index in [1.165, 1.54) is 12.8 Å². The van der Waals surface area contributed by atoms with Crippen molar-refractivity contribution in [1.82, 2.24) is 10.2 Å². The summed E-state index contributed by atoms with van der Waals surface area (Å²) in [5, 5.41) is 12.5. The lowest BCUT2D eigenvalue weighted by Crippen LogP contribution is -2.49. The zero-order chi connectivity index (χ0) is 14.7. The van der Waals surface area contributed by atoms with Gasteiger partial charge in [0.2, 0.25) is 0 Å². The summed E-state index contributed by atoms with van der Waals surface area (Å²) >= 11 is 0. The van der Waals surface area contributed by atoms with Gasteiger partial charge in [-0.3, -0.25) is 4.79 Å². The third-order valence-corrected chi connectivity index (χ3v) is 3.60. The van der Waals surface area contributed by atoms with Crippen molar-refractivity contribution < 1.29 is 9.90 Å². The first-order valence-electron chi connectivity index (χ1n) is 7.63. The van der Waals surface area contributed by atoms with E-state index in [4.69, 9.17) is 0 Å². The normalized spacial score (nSPS) is 14.6. The first kappa shape index (κ1) is 18.4. The smallest absolute Gasteiger partial charge is 0.323 e. The molecule has 0 saturated carbocycles. The van der Waals surface area contributed by atoms with Crippen molar-refractivity contribution in [3.63, 3.8) is 0 Å². The lowest BCUT2D eigenvalue weighted by molar-refractivity contribution is -0.144. The summed E-state index contributed by atoms with van der Waals surface area (Å²) in [6.45, 7) is 9.01.